The molecule has 138 valence electrons. The van der Waals surface area contributed by atoms with Crippen molar-refractivity contribution in [2.45, 2.75) is 17.9 Å². The number of ketones is 1. The number of thiophene rings is 1. The fraction of sp³-hybridized carbons (Fsp3) is 0.150. The van der Waals surface area contributed by atoms with E-state index in [1.807, 2.05) is 30.5 Å². The summed E-state index contributed by atoms with van der Waals surface area (Å²) in [4.78, 5) is 27.6. The molecule has 0 fully saturated rings. The summed E-state index contributed by atoms with van der Waals surface area (Å²) < 4.78 is 0. The molecule has 0 N–H and O–H groups in total. The third-order valence-corrected chi connectivity index (χ3v) is 7.18. The average Bonchev–Trinajstić information content (AvgIpc) is 3.34. The first-order chi connectivity index (χ1) is 13.7. The molecule has 1 aromatic carbocycles. The van der Waals surface area contributed by atoms with E-state index >= 15 is 0 Å². The van der Waals surface area contributed by atoms with Gasteiger partial charge in [-0.3, -0.25) is 4.79 Å². The summed E-state index contributed by atoms with van der Waals surface area (Å²) in [6.45, 7) is 1.85. The summed E-state index contributed by atoms with van der Waals surface area (Å²) >= 11 is 4.29. The lowest BCUT2D eigenvalue weighted by molar-refractivity contribution is -0.116. The Morgan fingerprint density at radius 2 is 2.11 bits per heavy atom. The third-order valence-electron chi connectivity index (χ3n) is 4.04. The molecule has 8 heteroatoms. The van der Waals surface area contributed by atoms with Gasteiger partial charge in [0.05, 0.1) is 11.8 Å². The number of hydrogen-bond acceptors (Lipinski definition) is 8. The Morgan fingerprint density at radius 1 is 1.29 bits per heavy atom. The Labute approximate surface area is 174 Å². The highest BCUT2D eigenvalue weighted by Crippen LogP contribution is 2.36. The predicted molar refractivity (Wildman–Crippen MR) is 114 cm³/mol. The number of carbonyl (C=O) groups excluding carboxylic acids is 1. The van der Waals surface area contributed by atoms with Gasteiger partial charge < -0.3 is 0 Å². The van der Waals surface area contributed by atoms with E-state index in [1.165, 1.54) is 29.4 Å². The van der Waals surface area contributed by atoms with E-state index in [4.69, 9.17) is 0 Å². The zero-order valence-electron chi connectivity index (χ0n) is 14.8. The number of aromatic nitrogens is 3. The Kier molecular flexibility index (Phi) is 5.48. The van der Waals surface area contributed by atoms with Crippen LogP contribution in [0.5, 0.6) is 0 Å². The second kappa shape index (κ2) is 8.19. The lowest BCUT2D eigenvalue weighted by atomic mass is 10.1. The maximum absolute atomic E-state index is 12.6. The van der Waals surface area contributed by atoms with Crippen LogP contribution in [-0.2, 0) is 4.79 Å². The molecule has 28 heavy (non-hydrogen) atoms. The van der Waals surface area contributed by atoms with Crippen molar-refractivity contribution >= 4 is 50.4 Å². The highest BCUT2D eigenvalue weighted by atomic mass is 32.2. The Balaban J connectivity index is 1.56. The number of Topliss-reactive ketones (excluding diaryl/α,β-unsaturated/α-hetero) is 1. The molecule has 0 aliphatic rings. The van der Waals surface area contributed by atoms with E-state index in [9.17, 15) is 10.1 Å². The number of nitrogens with zero attached hydrogens (tertiary/aromatic N) is 4. The molecule has 4 aromatic rings. The zero-order chi connectivity index (χ0) is 19.5. The van der Waals surface area contributed by atoms with Gasteiger partial charge in [-0.05, 0) is 18.6 Å². The second-order valence-electron chi connectivity index (χ2n) is 6.02. The Hall–Kier alpha value is -2.60. The number of fused-ring (bicyclic) bond motifs is 1. The summed E-state index contributed by atoms with van der Waals surface area (Å²) in [5, 5.41) is 13.5. The molecule has 3 heterocycles. The molecule has 0 aliphatic carbocycles. The van der Waals surface area contributed by atoms with Crippen molar-refractivity contribution in [3.05, 3.63) is 58.8 Å². The average molecular weight is 423 g/mol. The number of thioether (sulfide) groups is 1. The van der Waals surface area contributed by atoms with E-state index in [0.29, 0.717) is 5.01 Å². The van der Waals surface area contributed by atoms with Gasteiger partial charge in [-0.1, -0.05) is 42.1 Å². The van der Waals surface area contributed by atoms with Gasteiger partial charge in [-0.15, -0.1) is 22.7 Å². The fourth-order valence-electron chi connectivity index (χ4n) is 2.69. The number of hydrogen-bond donors (Lipinski definition) is 0. The standard InChI is InChI=1S/C20H14N4OS3/c1-12-9-26-20(24-12)15(8-21)16(25)10-27-18-14-7-17(13-5-3-2-4-6-13)28-19(14)23-11-22-18/h2-7,9,11,15H,10H2,1H3/t15-/m1/s1. The monoisotopic (exact) mass is 422 g/mol. The van der Waals surface area contributed by atoms with E-state index in [2.05, 4.69) is 39.2 Å². The van der Waals surface area contributed by atoms with Crippen LogP contribution in [-0.4, -0.2) is 26.5 Å². The molecular weight excluding hydrogens is 408 g/mol. The van der Waals surface area contributed by atoms with Crippen molar-refractivity contribution in [2.24, 2.45) is 0 Å². The molecule has 0 spiro atoms. The zero-order valence-corrected chi connectivity index (χ0v) is 17.3. The summed E-state index contributed by atoms with van der Waals surface area (Å²) in [6, 6.07) is 14.3. The summed E-state index contributed by atoms with van der Waals surface area (Å²) in [5.74, 6) is -0.822. The van der Waals surface area contributed by atoms with Gasteiger partial charge in [-0.2, -0.15) is 5.26 Å². The molecule has 0 bridgehead atoms. The van der Waals surface area contributed by atoms with Gasteiger partial charge in [0.2, 0.25) is 0 Å². The number of nitriles is 1. The first-order valence-corrected chi connectivity index (χ1v) is 11.1. The van der Waals surface area contributed by atoms with Crippen LogP contribution in [0, 0.1) is 18.3 Å². The van der Waals surface area contributed by atoms with E-state index in [0.717, 1.165) is 31.4 Å². The molecule has 4 rings (SSSR count). The van der Waals surface area contributed by atoms with Crippen LogP contribution in [0.2, 0.25) is 0 Å². The van der Waals surface area contributed by atoms with Crippen LogP contribution < -0.4 is 0 Å². The van der Waals surface area contributed by atoms with Gasteiger partial charge in [-0.25, -0.2) is 15.0 Å². The minimum atomic E-state index is -0.828. The van der Waals surface area contributed by atoms with Crippen LogP contribution >= 0.6 is 34.4 Å². The lowest BCUT2D eigenvalue weighted by Crippen LogP contribution is -2.13. The predicted octanol–water partition coefficient (Wildman–Crippen LogP) is 5.09. The van der Waals surface area contributed by atoms with Crippen LogP contribution in [0.3, 0.4) is 0 Å². The normalized spacial score (nSPS) is 12.0. The first kappa shape index (κ1) is 18.7. The van der Waals surface area contributed by atoms with Gasteiger partial charge in [0, 0.05) is 21.3 Å². The van der Waals surface area contributed by atoms with Crippen LogP contribution in [0.1, 0.15) is 16.6 Å². The largest absolute Gasteiger partial charge is 0.297 e. The topological polar surface area (TPSA) is 79.5 Å². The first-order valence-electron chi connectivity index (χ1n) is 8.43. The molecule has 0 unspecified atom stereocenters. The third kappa shape index (κ3) is 3.83. The second-order valence-corrected chi connectivity index (χ2v) is 8.90. The number of benzene rings is 1. The van der Waals surface area contributed by atoms with Crippen molar-refractivity contribution in [3.8, 4) is 16.5 Å². The van der Waals surface area contributed by atoms with Crippen molar-refractivity contribution < 1.29 is 4.79 Å². The van der Waals surface area contributed by atoms with Crippen molar-refractivity contribution in [2.75, 3.05) is 5.75 Å². The number of carbonyl (C=O) groups is 1. The van der Waals surface area contributed by atoms with Crippen LogP contribution in [0.25, 0.3) is 20.7 Å². The van der Waals surface area contributed by atoms with E-state index < -0.39 is 5.92 Å². The van der Waals surface area contributed by atoms with E-state index in [-0.39, 0.29) is 11.5 Å². The minimum absolute atomic E-state index is 0.160. The molecular formula is C20H14N4OS3. The lowest BCUT2D eigenvalue weighted by Gasteiger charge is -2.05. The van der Waals surface area contributed by atoms with Gasteiger partial charge in [0.15, 0.2) is 11.7 Å². The van der Waals surface area contributed by atoms with E-state index in [1.54, 1.807) is 11.3 Å². The summed E-state index contributed by atoms with van der Waals surface area (Å²) in [6.07, 6.45) is 1.52. The molecule has 5 nitrogen and oxygen atoms in total. The Morgan fingerprint density at radius 3 is 2.82 bits per heavy atom. The Bertz CT molecular complexity index is 1180. The van der Waals surface area contributed by atoms with Crippen LogP contribution in [0.15, 0.2) is 53.1 Å². The maximum atomic E-state index is 12.6. The molecule has 0 saturated heterocycles. The SMILES string of the molecule is Cc1csc([C@H](C#N)C(=O)CSc2ncnc3sc(-c4ccccc4)cc23)n1. The maximum Gasteiger partial charge on any atom is 0.167 e. The molecule has 0 aliphatic heterocycles. The van der Waals surface area contributed by atoms with Crippen molar-refractivity contribution in [1.82, 2.24) is 15.0 Å². The molecule has 0 radical (unpaired) electrons. The molecule has 1 atom stereocenters. The number of thiazole rings is 1. The quantitative estimate of drug-likeness (QED) is 0.318. The molecule has 3 aromatic heterocycles. The minimum Gasteiger partial charge on any atom is -0.297 e. The smallest absolute Gasteiger partial charge is 0.167 e. The van der Waals surface area contributed by atoms with Crippen molar-refractivity contribution in [3.63, 3.8) is 0 Å². The summed E-state index contributed by atoms with van der Waals surface area (Å²) in [7, 11) is 0. The highest BCUT2D eigenvalue weighted by Gasteiger charge is 2.24. The number of aryl methyl sites for hydroxylation is 1. The van der Waals surface area contributed by atoms with Gasteiger partial charge in [0.25, 0.3) is 0 Å². The highest BCUT2D eigenvalue weighted by molar-refractivity contribution is 8.00. The van der Waals surface area contributed by atoms with Crippen molar-refractivity contribution in [1.29, 1.82) is 5.26 Å². The fourth-order valence-corrected chi connectivity index (χ4v) is 5.49. The molecule has 0 saturated carbocycles. The van der Waals surface area contributed by atoms with Crippen LogP contribution in [0.4, 0.5) is 0 Å². The van der Waals surface area contributed by atoms with Gasteiger partial charge >= 0.3 is 0 Å². The number of rotatable bonds is 6. The summed E-state index contributed by atoms with van der Waals surface area (Å²) in [5.41, 5.74) is 1.95. The van der Waals surface area contributed by atoms with Gasteiger partial charge in [0.1, 0.15) is 21.2 Å². The molecule has 0 amide bonds.